The Morgan fingerprint density at radius 1 is 0.432 bits per heavy atom. The predicted octanol–water partition coefficient (Wildman–Crippen LogP) is 6.80. The van der Waals surface area contributed by atoms with Crippen molar-refractivity contribution in [3.05, 3.63) is 203 Å². The SMILES string of the molecule is CC(=O)CCc1ccccc1.CC1(CCc2ccccc2)OCC(CO)O1.CC1(CCc2ccccc2)OCC(COCCOCCO)O1.Cc1ccc(S(=O)(=O)Cl)cc1.Cc1ccc(S(=O)(=O)OCC2COC(C)(CCc3ccccc3)O2)cc1.OCC(O)CO.OCCOCCO.OCCOCCOCC(O)CO. The smallest absolute Gasteiger partial charge is 0.297 e. The average molecular weight is 1630 g/mol. The summed E-state index contributed by atoms with van der Waals surface area (Å²) in [7, 11) is -2.26. The number of aliphatic hydroxyl groups excluding tert-OH is 10. The van der Waals surface area contributed by atoms with Crippen LogP contribution in [-0.2, 0) is 106 Å². The molecule has 3 aliphatic heterocycles. The maximum atomic E-state index is 12.3. The van der Waals surface area contributed by atoms with Crippen LogP contribution < -0.4 is 0 Å². The molecule has 27 nitrogen and oxygen atoms in total. The Balaban J connectivity index is 0.000000449. The Kier molecular flexibility index (Phi) is 54.7. The molecule has 3 aliphatic rings. The van der Waals surface area contributed by atoms with Crippen molar-refractivity contribution in [2.75, 3.05) is 145 Å². The molecule has 0 aromatic heterocycles. The Hall–Kier alpha value is -5.70. The summed E-state index contributed by atoms with van der Waals surface area (Å²) in [5.74, 6) is -1.54. The van der Waals surface area contributed by atoms with E-state index < -0.39 is 54.8 Å². The largest absolute Gasteiger partial charge is 0.394 e. The molecule has 0 aliphatic carbocycles. The second-order valence-corrected chi connectivity index (χ2v) is 30.1. The lowest BCUT2D eigenvalue weighted by molar-refractivity contribution is -0.164. The van der Waals surface area contributed by atoms with Crippen LogP contribution in [0.3, 0.4) is 0 Å². The Bertz CT molecular complexity index is 3460. The minimum Gasteiger partial charge on any atom is -0.394 e. The van der Waals surface area contributed by atoms with Gasteiger partial charge in [-0.1, -0.05) is 157 Å². The number of aliphatic hydroxyl groups is 10. The van der Waals surface area contributed by atoms with Gasteiger partial charge in [-0.3, -0.25) is 4.18 Å². The van der Waals surface area contributed by atoms with E-state index in [1.807, 2.05) is 120 Å². The van der Waals surface area contributed by atoms with Crippen LogP contribution in [0.25, 0.3) is 0 Å². The van der Waals surface area contributed by atoms with E-state index in [1.54, 1.807) is 43.3 Å². The fraction of sp³-hybridized carbons (Fsp3) is 0.543. The number of hydrogen-bond acceptors (Lipinski definition) is 27. The van der Waals surface area contributed by atoms with Gasteiger partial charge in [0.05, 0.1) is 155 Å². The van der Waals surface area contributed by atoms with E-state index in [9.17, 15) is 21.6 Å². The summed E-state index contributed by atoms with van der Waals surface area (Å²) >= 11 is 0. The maximum absolute atomic E-state index is 12.3. The van der Waals surface area contributed by atoms with E-state index in [2.05, 4.69) is 41.1 Å². The second-order valence-electron chi connectivity index (χ2n) is 25.9. The zero-order valence-corrected chi connectivity index (χ0v) is 67.3. The van der Waals surface area contributed by atoms with Crippen LogP contribution >= 0.6 is 10.7 Å². The summed E-state index contributed by atoms with van der Waals surface area (Å²) in [6.07, 6.45) is 4.17. The molecule has 3 heterocycles. The van der Waals surface area contributed by atoms with Gasteiger partial charge in [0.15, 0.2) is 17.4 Å². The molecule has 9 rings (SSSR count). The number of carbonyl (C=O) groups excluding carboxylic acids is 1. The third kappa shape index (κ3) is 49.6. The number of benzene rings is 6. The number of aryl methyl sites for hydroxylation is 6. The molecule has 111 heavy (non-hydrogen) atoms. The normalized spacial score (nSPS) is 19.2. The lowest BCUT2D eigenvalue weighted by Crippen LogP contribution is -2.29. The van der Waals surface area contributed by atoms with Gasteiger partial charge in [0.2, 0.25) is 0 Å². The molecule has 6 aromatic rings. The molecule has 3 saturated heterocycles. The van der Waals surface area contributed by atoms with Crippen molar-refractivity contribution < 1.29 is 129 Å². The van der Waals surface area contributed by atoms with Gasteiger partial charge in [0, 0.05) is 36.4 Å². The molecular weight excluding hydrogens is 1500 g/mol. The van der Waals surface area contributed by atoms with Crippen molar-refractivity contribution in [3.8, 4) is 0 Å². The van der Waals surface area contributed by atoms with Gasteiger partial charge in [-0.05, 0) is 114 Å². The highest BCUT2D eigenvalue weighted by Crippen LogP contribution is 2.31. The van der Waals surface area contributed by atoms with Crippen LogP contribution in [0.5, 0.6) is 0 Å². The van der Waals surface area contributed by atoms with E-state index in [1.165, 1.54) is 34.4 Å². The molecule has 10 N–H and O–H groups in total. The molecule has 0 bridgehead atoms. The Morgan fingerprint density at radius 3 is 1.09 bits per heavy atom. The van der Waals surface area contributed by atoms with Gasteiger partial charge in [0.25, 0.3) is 19.2 Å². The van der Waals surface area contributed by atoms with E-state index in [-0.39, 0.29) is 93.9 Å². The third-order valence-corrected chi connectivity index (χ3v) is 18.5. The first-order valence-corrected chi connectivity index (χ1v) is 40.5. The average Bonchev–Trinajstić information content (AvgIpc) is 1.76. The number of hydrogen-bond donors (Lipinski definition) is 10. The van der Waals surface area contributed by atoms with E-state index >= 15 is 0 Å². The molecule has 626 valence electrons. The van der Waals surface area contributed by atoms with Crippen molar-refractivity contribution in [2.45, 2.75) is 151 Å². The fourth-order valence-corrected chi connectivity index (χ4v) is 11.4. The first kappa shape index (κ1) is 101. The summed E-state index contributed by atoms with van der Waals surface area (Å²) < 4.78 is 111. The van der Waals surface area contributed by atoms with E-state index in [0.29, 0.717) is 92.1 Å². The summed E-state index contributed by atoms with van der Waals surface area (Å²) in [6, 6.07) is 53.7. The quantitative estimate of drug-likeness (QED) is 0.0108. The van der Waals surface area contributed by atoms with Crippen molar-refractivity contribution >= 4 is 35.6 Å². The van der Waals surface area contributed by atoms with Gasteiger partial charge in [0.1, 0.15) is 36.3 Å². The molecule has 7 unspecified atom stereocenters. The van der Waals surface area contributed by atoms with Crippen LogP contribution in [0.1, 0.15) is 86.8 Å². The van der Waals surface area contributed by atoms with Crippen LogP contribution in [0.2, 0.25) is 0 Å². The number of Topliss-reactive ketones (excluding diaryl/α,β-unsaturated/α-hetero) is 1. The maximum Gasteiger partial charge on any atom is 0.297 e. The zero-order valence-electron chi connectivity index (χ0n) is 64.9. The third-order valence-electron chi connectivity index (χ3n) is 15.9. The molecule has 3 fully saturated rings. The molecule has 0 radical (unpaired) electrons. The van der Waals surface area contributed by atoms with Crippen molar-refractivity contribution in [3.63, 3.8) is 0 Å². The van der Waals surface area contributed by atoms with Gasteiger partial charge in [-0.25, -0.2) is 8.42 Å². The lowest BCUT2D eigenvalue weighted by Gasteiger charge is -2.23. The topological polar surface area (TPSA) is 398 Å². The first-order chi connectivity index (χ1) is 53.1. The molecule has 6 aromatic carbocycles. The Labute approximate surface area is 660 Å². The highest BCUT2D eigenvalue weighted by molar-refractivity contribution is 8.13. The summed E-state index contributed by atoms with van der Waals surface area (Å²) in [4.78, 5) is 10.9. The molecule has 0 amide bonds. The highest BCUT2D eigenvalue weighted by atomic mass is 35.7. The van der Waals surface area contributed by atoms with Crippen LogP contribution in [0, 0.1) is 13.8 Å². The summed E-state index contributed by atoms with van der Waals surface area (Å²) in [5.41, 5.74) is 7.02. The second kappa shape index (κ2) is 59.9. The van der Waals surface area contributed by atoms with Gasteiger partial charge >= 0.3 is 0 Å². The zero-order chi connectivity index (χ0) is 82.1. The van der Waals surface area contributed by atoms with Gasteiger partial charge in [-0.2, -0.15) is 8.42 Å². The van der Waals surface area contributed by atoms with Crippen LogP contribution in [0.15, 0.2) is 180 Å². The minimum atomic E-state index is -3.79. The molecule has 0 spiro atoms. The van der Waals surface area contributed by atoms with Gasteiger partial charge in [-0.15, -0.1) is 0 Å². The van der Waals surface area contributed by atoms with E-state index in [0.717, 1.165) is 49.7 Å². The predicted molar refractivity (Wildman–Crippen MR) is 419 cm³/mol. The van der Waals surface area contributed by atoms with Crippen molar-refractivity contribution in [1.82, 2.24) is 0 Å². The molecular formula is C81H121ClO27S2. The van der Waals surface area contributed by atoms with Crippen LogP contribution in [0.4, 0.5) is 0 Å². The van der Waals surface area contributed by atoms with Gasteiger partial charge < -0.3 is 108 Å². The number of ketones is 1. The molecule has 30 heteroatoms. The lowest BCUT2D eigenvalue weighted by atomic mass is 10.1. The van der Waals surface area contributed by atoms with E-state index in [4.69, 9.17) is 113 Å². The van der Waals surface area contributed by atoms with Crippen molar-refractivity contribution in [1.29, 1.82) is 0 Å². The highest BCUT2D eigenvalue weighted by Gasteiger charge is 2.39. The standard InChI is InChI=1S/C20H24O5S.C17H26O5.C13H18O3.C10H12O.C7H7ClO2S.C7H16O5.C4H10O3.C3H8O3/c1-16-8-10-19(11-9-16)26(21,22)24-15-18-14-23-20(2,25-18)13-12-17-6-4-3-5-7-17;1-17(8-7-15-5-3-2-4-6-15)21-14-16(22-17)13-20-12-11-19-10-9-18;1-13(15-10-12(9-14)16-13)8-7-11-5-3-2-4-6-11;1-9(11)7-8-10-5-3-2-4-6-10;1-6-2-4-7(5-3-6)11(8,9)10;8-1-2-11-3-4-12-6-7(10)5-9;5-1-3-7-4-2-6;4-1-3(6)2-5/h3-11,18H,12-15H2,1-2H3;2-6,16,18H,7-14H2,1H3;2-6,12,14H,7-10H2,1H3;2-6H,7-8H2,1H3;2-5H,1H3;7-10H,1-6H2;5-6H,1-4H2;3-6H,1-2H2. The number of halogens is 1. The van der Waals surface area contributed by atoms with Crippen molar-refractivity contribution in [2.24, 2.45) is 0 Å². The number of carbonyl (C=O) groups is 1. The minimum absolute atomic E-state index is 0.000729. The summed E-state index contributed by atoms with van der Waals surface area (Å²) in [6.45, 7) is 15.2. The Morgan fingerprint density at radius 2 is 0.757 bits per heavy atom. The number of ether oxygens (including phenoxy) is 11. The molecule has 0 saturated carbocycles. The monoisotopic (exact) mass is 1620 g/mol. The fourth-order valence-electron chi connectivity index (χ4n) is 9.71. The van der Waals surface area contributed by atoms with Crippen LogP contribution in [-0.4, -0.2) is 267 Å². The number of rotatable bonds is 39. The first-order valence-electron chi connectivity index (χ1n) is 36.8. The summed E-state index contributed by atoms with van der Waals surface area (Å²) in [5, 5.41) is 83.2. The molecule has 7 atom stereocenters.